The van der Waals surface area contributed by atoms with Crippen LogP contribution in [-0.4, -0.2) is 11.2 Å². The van der Waals surface area contributed by atoms with Crippen LogP contribution < -0.4 is 0 Å². The summed E-state index contributed by atoms with van der Waals surface area (Å²) in [4.78, 5) is 0. The first kappa shape index (κ1) is 7.81. The number of aryl methyl sites for hydroxylation is 1. The highest BCUT2D eigenvalue weighted by molar-refractivity contribution is 5.39. The summed E-state index contributed by atoms with van der Waals surface area (Å²) >= 11 is 0. The van der Waals surface area contributed by atoms with Crippen LogP contribution in [0.3, 0.4) is 0 Å². The van der Waals surface area contributed by atoms with Gasteiger partial charge in [-0.25, -0.2) is 0 Å². The van der Waals surface area contributed by atoms with Crippen molar-refractivity contribution in [1.82, 2.24) is 0 Å². The van der Waals surface area contributed by atoms with Crippen LogP contribution in [0.25, 0.3) is 0 Å². The standard InChI is InChI=1S/C11H12O/c1-8-3-2-4-9-5-6-10(12)7-11(8)9/h1-4,10,12H,5-7H2. The van der Waals surface area contributed by atoms with Gasteiger partial charge >= 0.3 is 0 Å². The van der Waals surface area contributed by atoms with Crippen LogP contribution in [0.2, 0.25) is 0 Å². The first-order valence-corrected chi connectivity index (χ1v) is 4.31. The fraction of sp³-hybridized carbons (Fsp3) is 0.364. The number of hydrogen-bond acceptors (Lipinski definition) is 1. The molecule has 0 fully saturated rings. The van der Waals surface area contributed by atoms with Crippen LogP contribution in [0.5, 0.6) is 0 Å². The molecule has 62 valence electrons. The van der Waals surface area contributed by atoms with Crippen molar-refractivity contribution in [2.45, 2.75) is 25.4 Å². The first-order valence-electron chi connectivity index (χ1n) is 4.31. The van der Waals surface area contributed by atoms with Gasteiger partial charge in [0.2, 0.25) is 0 Å². The second-order valence-electron chi connectivity index (χ2n) is 3.38. The smallest absolute Gasteiger partial charge is 0.0583 e. The summed E-state index contributed by atoms with van der Waals surface area (Å²) in [7, 11) is 0. The molecule has 12 heavy (non-hydrogen) atoms. The van der Waals surface area contributed by atoms with E-state index in [4.69, 9.17) is 6.92 Å². The van der Waals surface area contributed by atoms with E-state index in [0.29, 0.717) is 0 Å². The number of benzene rings is 1. The molecule has 0 aliphatic heterocycles. The summed E-state index contributed by atoms with van der Waals surface area (Å²) in [5.74, 6) is 0. The van der Waals surface area contributed by atoms with Gasteiger partial charge in [0, 0.05) is 0 Å². The third-order valence-electron chi connectivity index (χ3n) is 2.50. The van der Waals surface area contributed by atoms with Crippen LogP contribution in [0.1, 0.15) is 23.1 Å². The van der Waals surface area contributed by atoms with Gasteiger partial charge in [0.25, 0.3) is 0 Å². The lowest BCUT2D eigenvalue weighted by molar-refractivity contribution is 0.158. The molecule has 0 aromatic heterocycles. The lowest BCUT2D eigenvalue weighted by Crippen LogP contribution is -2.19. The third-order valence-corrected chi connectivity index (χ3v) is 2.50. The van der Waals surface area contributed by atoms with Gasteiger partial charge in [0.05, 0.1) is 6.10 Å². The molecule has 0 amide bonds. The molecular formula is C11H12O. The van der Waals surface area contributed by atoms with E-state index < -0.39 is 0 Å². The van der Waals surface area contributed by atoms with Gasteiger partial charge in [0.15, 0.2) is 0 Å². The van der Waals surface area contributed by atoms with Crippen molar-refractivity contribution in [3.8, 4) is 0 Å². The first-order chi connectivity index (χ1) is 5.77. The normalized spacial score (nSPS) is 22.0. The van der Waals surface area contributed by atoms with Gasteiger partial charge in [0.1, 0.15) is 0 Å². The van der Waals surface area contributed by atoms with Crippen molar-refractivity contribution >= 4 is 0 Å². The quantitative estimate of drug-likeness (QED) is 0.611. The fourth-order valence-corrected chi connectivity index (χ4v) is 1.80. The van der Waals surface area contributed by atoms with E-state index in [0.717, 1.165) is 30.4 Å². The lowest BCUT2D eigenvalue weighted by atomic mass is 9.87. The Bertz CT molecular complexity index is 291. The van der Waals surface area contributed by atoms with Crippen molar-refractivity contribution in [2.75, 3.05) is 0 Å². The molecule has 0 bridgehead atoms. The molecule has 1 aromatic rings. The van der Waals surface area contributed by atoms with Crippen molar-refractivity contribution in [3.05, 3.63) is 41.8 Å². The van der Waals surface area contributed by atoms with E-state index in [9.17, 15) is 5.11 Å². The van der Waals surface area contributed by atoms with E-state index in [-0.39, 0.29) is 6.10 Å². The van der Waals surface area contributed by atoms with Crippen LogP contribution in [0.4, 0.5) is 0 Å². The Hall–Kier alpha value is -0.820. The Kier molecular flexibility index (Phi) is 1.89. The number of rotatable bonds is 0. The zero-order chi connectivity index (χ0) is 8.55. The predicted octanol–water partition coefficient (Wildman–Crippen LogP) is 1.60. The minimum Gasteiger partial charge on any atom is -0.393 e. The zero-order valence-corrected chi connectivity index (χ0v) is 6.96. The fourth-order valence-electron chi connectivity index (χ4n) is 1.80. The van der Waals surface area contributed by atoms with E-state index in [1.54, 1.807) is 0 Å². The Morgan fingerprint density at radius 2 is 2.25 bits per heavy atom. The van der Waals surface area contributed by atoms with E-state index in [1.165, 1.54) is 5.56 Å². The molecule has 1 N–H and O–H groups in total. The van der Waals surface area contributed by atoms with E-state index >= 15 is 0 Å². The molecule has 1 aliphatic rings. The summed E-state index contributed by atoms with van der Waals surface area (Å²) in [6.45, 7) is 5.79. The minimum atomic E-state index is -0.192. The summed E-state index contributed by atoms with van der Waals surface area (Å²) < 4.78 is 0. The molecule has 1 aromatic carbocycles. The Labute approximate surface area is 73.0 Å². The molecule has 0 saturated carbocycles. The third kappa shape index (κ3) is 1.25. The molecule has 0 heterocycles. The molecular weight excluding hydrogens is 148 g/mol. The molecule has 1 heteroatoms. The maximum Gasteiger partial charge on any atom is 0.0583 e. The van der Waals surface area contributed by atoms with E-state index in [2.05, 4.69) is 6.07 Å². The largest absolute Gasteiger partial charge is 0.393 e. The number of aliphatic hydroxyl groups is 1. The predicted molar refractivity (Wildman–Crippen MR) is 47.9 cm³/mol. The van der Waals surface area contributed by atoms with Gasteiger partial charge in [-0.05, 0) is 42.9 Å². The number of aliphatic hydroxyl groups excluding tert-OH is 1. The van der Waals surface area contributed by atoms with Crippen LogP contribution >= 0.6 is 0 Å². The lowest BCUT2D eigenvalue weighted by Gasteiger charge is -2.21. The zero-order valence-electron chi connectivity index (χ0n) is 6.96. The minimum absolute atomic E-state index is 0.192. The summed E-state index contributed by atoms with van der Waals surface area (Å²) in [5, 5.41) is 9.42. The van der Waals surface area contributed by atoms with Gasteiger partial charge in [-0.1, -0.05) is 18.2 Å². The summed E-state index contributed by atoms with van der Waals surface area (Å²) in [5.41, 5.74) is 3.28. The highest BCUT2D eigenvalue weighted by Crippen LogP contribution is 2.23. The second kappa shape index (κ2) is 2.91. The Balaban J connectivity index is 2.43. The molecule has 2 radical (unpaired) electrons. The van der Waals surface area contributed by atoms with Crippen molar-refractivity contribution in [3.63, 3.8) is 0 Å². The SMILES string of the molecule is [CH]c1cccc2c1CC(O)CC2. The molecule has 1 aliphatic carbocycles. The topological polar surface area (TPSA) is 20.2 Å². The van der Waals surface area contributed by atoms with Gasteiger partial charge in [-0.2, -0.15) is 0 Å². The molecule has 1 nitrogen and oxygen atoms in total. The summed E-state index contributed by atoms with van der Waals surface area (Å²) in [6.07, 6.45) is 2.36. The van der Waals surface area contributed by atoms with Crippen molar-refractivity contribution in [1.29, 1.82) is 0 Å². The van der Waals surface area contributed by atoms with Gasteiger partial charge < -0.3 is 5.11 Å². The average Bonchev–Trinajstić information content (AvgIpc) is 2.07. The molecule has 1 unspecified atom stereocenters. The van der Waals surface area contributed by atoms with Gasteiger partial charge in [-0.15, -0.1) is 0 Å². The average molecular weight is 160 g/mol. The Morgan fingerprint density at radius 1 is 1.42 bits per heavy atom. The monoisotopic (exact) mass is 160 g/mol. The van der Waals surface area contributed by atoms with Crippen LogP contribution in [0.15, 0.2) is 18.2 Å². The highest BCUT2D eigenvalue weighted by Gasteiger charge is 2.16. The van der Waals surface area contributed by atoms with Crippen molar-refractivity contribution in [2.24, 2.45) is 0 Å². The molecule has 0 spiro atoms. The molecule has 2 rings (SSSR count). The molecule has 1 atom stereocenters. The summed E-state index contributed by atoms with van der Waals surface area (Å²) in [6, 6.07) is 5.97. The second-order valence-corrected chi connectivity index (χ2v) is 3.38. The molecule has 0 saturated heterocycles. The highest BCUT2D eigenvalue weighted by atomic mass is 16.3. The maximum absolute atomic E-state index is 9.42. The van der Waals surface area contributed by atoms with Gasteiger partial charge in [-0.3, -0.25) is 0 Å². The maximum atomic E-state index is 9.42. The van der Waals surface area contributed by atoms with Crippen molar-refractivity contribution < 1.29 is 5.11 Å². The number of fused-ring (bicyclic) bond motifs is 1. The van der Waals surface area contributed by atoms with Crippen LogP contribution in [0, 0.1) is 6.92 Å². The number of hydrogen-bond donors (Lipinski definition) is 1. The van der Waals surface area contributed by atoms with Crippen LogP contribution in [-0.2, 0) is 12.8 Å². The van der Waals surface area contributed by atoms with E-state index in [1.807, 2.05) is 12.1 Å². The Morgan fingerprint density at radius 3 is 3.08 bits per heavy atom.